The summed E-state index contributed by atoms with van der Waals surface area (Å²) in [6.07, 6.45) is 0. The van der Waals surface area contributed by atoms with E-state index >= 15 is 0 Å². The summed E-state index contributed by atoms with van der Waals surface area (Å²) in [5.74, 6) is 0.683. The predicted octanol–water partition coefficient (Wildman–Crippen LogP) is 3.91. The number of hydrogen-bond acceptors (Lipinski definition) is 3. The molecule has 2 nitrogen and oxygen atoms in total. The molecule has 1 heterocycles. The Labute approximate surface area is 111 Å². The zero-order chi connectivity index (χ0) is 13.3. The summed E-state index contributed by atoms with van der Waals surface area (Å²) in [6.45, 7) is 5.96. The Hall–Kier alpha value is -1.61. The third-order valence-electron chi connectivity index (χ3n) is 2.85. The molecule has 0 N–H and O–H groups in total. The van der Waals surface area contributed by atoms with Gasteiger partial charge in [-0.2, -0.15) is 0 Å². The molecule has 0 amide bonds. The van der Waals surface area contributed by atoms with Gasteiger partial charge in [0, 0.05) is 4.88 Å². The van der Waals surface area contributed by atoms with Gasteiger partial charge in [-0.1, -0.05) is 11.6 Å². The molecule has 0 unspecified atom stereocenters. The predicted molar refractivity (Wildman–Crippen MR) is 75.0 cm³/mol. The zero-order valence-electron chi connectivity index (χ0n) is 11.0. The average Bonchev–Trinajstić information content (AvgIpc) is 2.67. The van der Waals surface area contributed by atoms with Crippen LogP contribution in [0.2, 0.25) is 0 Å². The Morgan fingerprint density at radius 2 is 1.89 bits per heavy atom. The van der Waals surface area contributed by atoms with E-state index in [2.05, 4.69) is 0 Å². The minimum absolute atomic E-state index is 0.0474. The molecule has 94 valence electrons. The first-order chi connectivity index (χ1) is 8.52. The second kappa shape index (κ2) is 4.94. The highest BCUT2D eigenvalue weighted by atomic mass is 32.1. The van der Waals surface area contributed by atoms with Crippen molar-refractivity contribution in [1.82, 2.24) is 0 Å². The molecular formula is C15H16O2S. The summed E-state index contributed by atoms with van der Waals surface area (Å²) >= 11 is 1.54. The maximum Gasteiger partial charge on any atom is 0.206 e. The summed E-state index contributed by atoms with van der Waals surface area (Å²) in [7, 11) is 1.59. The van der Waals surface area contributed by atoms with E-state index in [0.717, 1.165) is 20.9 Å². The van der Waals surface area contributed by atoms with Crippen molar-refractivity contribution in [2.24, 2.45) is 0 Å². The van der Waals surface area contributed by atoms with Gasteiger partial charge in [-0.25, -0.2) is 0 Å². The first-order valence-corrected chi connectivity index (χ1v) is 6.61. The molecule has 0 saturated heterocycles. The molecule has 0 fully saturated rings. The van der Waals surface area contributed by atoms with E-state index < -0.39 is 0 Å². The van der Waals surface area contributed by atoms with E-state index in [0.29, 0.717) is 11.3 Å². The van der Waals surface area contributed by atoms with Crippen molar-refractivity contribution in [3.8, 4) is 5.75 Å². The van der Waals surface area contributed by atoms with E-state index in [1.807, 2.05) is 45.0 Å². The Morgan fingerprint density at radius 3 is 2.44 bits per heavy atom. The fourth-order valence-corrected chi connectivity index (χ4v) is 2.97. The van der Waals surface area contributed by atoms with Gasteiger partial charge in [0.25, 0.3) is 0 Å². The van der Waals surface area contributed by atoms with Crippen LogP contribution in [0.4, 0.5) is 0 Å². The van der Waals surface area contributed by atoms with Crippen molar-refractivity contribution in [3.63, 3.8) is 0 Å². The fourth-order valence-electron chi connectivity index (χ4n) is 1.99. The van der Waals surface area contributed by atoms with Gasteiger partial charge in [0.15, 0.2) is 0 Å². The van der Waals surface area contributed by atoms with Gasteiger partial charge < -0.3 is 4.74 Å². The fraction of sp³-hybridized carbons (Fsp3) is 0.267. The first-order valence-electron chi connectivity index (χ1n) is 5.79. The van der Waals surface area contributed by atoms with Crippen molar-refractivity contribution in [2.75, 3.05) is 7.11 Å². The molecule has 2 rings (SSSR count). The minimum atomic E-state index is 0.0474. The molecule has 2 aromatic rings. The lowest BCUT2D eigenvalue weighted by molar-refractivity contribution is 0.103. The standard InChI is InChI=1S/C15H16O2S/c1-9-5-6-13(17-4)12(7-9)14(16)15-10(2)8-11(3)18-15/h5-8H,1-4H3. The van der Waals surface area contributed by atoms with Crippen molar-refractivity contribution in [1.29, 1.82) is 0 Å². The molecule has 0 radical (unpaired) electrons. The maximum atomic E-state index is 12.5. The lowest BCUT2D eigenvalue weighted by Gasteiger charge is -2.08. The highest BCUT2D eigenvalue weighted by Crippen LogP contribution is 2.28. The number of carbonyl (C=O) groups excluding carboxylic acids is 1. The van der Waals surface area contributed by atoms with Crippen LogP contribution in [0, 0.1) is 20.8 Å². The molecule has 0 saturated carbocycles. The summed E-state index contributed by atoms with van der Waals surface area (Å²) in [4.78, 5) is 14.5. The number of hydrogen-bond donors (Lipinski definition) is 0. The van der Waals surface area contributed by atoms with Crippen molar-refractivity contribution < 1.29 is 9.53 Å². The van der Waals surface area contributed by atoms with E-state index in [1.165, 1.54) is 11.3 Å². The third-order valence-corrected chi connectivity index (χ3v) is 4.00. The Bertz CT molecular complexity index is 597. The number of rotatable bonds is 3. The largest absolute Gasteiger partial charge is 0.496 e. The van der Waals surface area contributed by atoms with E-state index in [4.69, 9.17) is 4.74 Å². The molecule has 3 heteroatoms. The first kappa shape index (κ1) is 12.8. The topological polar surface area (TPSA) is 26.3 Å². The van der Waals surface area contributed by atoms with Crippen LogP contribution >= 0.6 is 11.3 Å². The van der Waals surface area contributed by atoms with E-state index in [9.17, 15) is 4.79 Å². The minimum Gasteiger partial charge on any atom is -0.496 e. The van der Waals surface area contributed by atoms with Gasteiger partial charge in [-0.3, -0.25) is 4.79 Å². The van der Waals surface area contributed by atoms with E-state index in [-0.39, 0.29) is 5.78 Å². The SMILES string of the molecule is COc1ccc(C)cc1C(=O)c1sc(C)cc1C. The molecule has 0 aliphatic carbocycles. The van der Waals surface area contributed by atoms with Gasteiger partial charge in [0.05, 0.1) is 17.6 Å². The monoisotopic (exact) mass is 260 g/mol. The van der Waals surface area contributed by atoms with Crippen molar-refractivity contribution >= 4 is 17.1 Å². The summed E-state index contributed by atoms with van der Waals surface area (Å²) in [5, 5.41) is 0. The Morgan fingerprint density at radius 1 is 1.17 bits per heavy atom. The Balaban J connectivity index is 2.51. The number of ketones is 1. The maximum absolute atomic E-state index is 12.5. The van der Waals surface area contributed by atoms with Crippen molar-refractivity contribution in [3.05, 3.63) is 50.7 Å². The molecule has 0 aliphatic rings. The van der Waals surface area contributed by atoms with E-state index in [1.54, 1.807) is 7.11 Å². The van der Waals surface area contributed by atoms with Crippen LogP contribution in [0.3, 0.4) is 0 Å². The quantitative estimate of drug-likeness (QED) is 0.782. The molecule has 0 bridgehead atoms. The number of methoxy groups -OCH3 is 1. The summed E-state index contributed by atoms with van der Waals surface area (Å²) in [6, 6.07) is 7.72. The van der Waals surface area contributed by atoms with Crippen molar-refractivity contribution in [2.45, 2.75) is 20.8 Å². The number of benzene rings is 1. The third kappa shape index (κ3) is 2.31. The van der Waals surface area contributed by atoms with Crippen LogP contribution in [0.15, 0.2) is 24.3 Å². The Kier molecular flexibility index (Phi) is 3.53. The van der Waals surface area contributed by atoms with Gasteiger partial charge >= 0.3 is 0 Å². The van der Waals surface area contributed by atoms with Crippen LogP contribution in [-0.4, -0.2) is 12.9 Å². The molecule has 0 spiro atoms. The number of carbonyl (C=O) groups is 1. The zero-order valence-corrected chi connectivity index (χ0v) is 11.9. The summed E-state index contributed by atoms with van der Waals surface area (Å²) in [5.41, 5.74) is 2.73. The number of aryl methyl sites for hydroxylation is 3. The van der Waals surface area contributed by atoms with Crippen LogP contribution in [-0.2, 0) is 0 Å². The molecule has 1 aromatic carbocycles. The highest BCUT2D eigenvalue weighted by molar-refractivity contribution is 7.14. The highest BCUT2D eigenvalue weighted by Gasteiger charge is 2.18. The van der Waals surface area contributed by atoms with Crippen LogP contribution < -0.4 is 4.74 Å². The number of thiophene rings is 1. The van der Waals surface area contributed by atoms with Gasteiger partial charge in [-0.15, -0.1) is 11.3 Å². The average molecular weight is 260 g/mol. The molecule has 1 aromatic heterocycles. The molecule has 18 heavy (non-hydrogen) atoms. The van der Waals surface area contributed by atoms with Gasteiger partial charge in [-0.05, 0) is 44.5 Å². The van der Waals surface area contributed by atoms with Gasteiger partial charge in [0.1, 0.15) is 5.75 Å². The van der Waals surface area contributed by atoms with Crippen LogP contribution in [0.1, 0.15) is 31.2 Å². The lowest BCUT2D eigenvalue weighted by atomic mass is 10.0. The molecular weight excluding hydrogens is 244 g/mol. The molecule has 0 atom stereocenters. The second-order valence-electron chi connectivity index (χ2n) is 4.40. The lowest BCUT2D eigenvalue weighted by Crippen LogP contribution is -2.03. The summed E-state index contributed by atoms with van der Waals surface area (Å²) < 4.78 is 5.27. The second-order valence-corrected chi connectivity index (χ2v) is 5.66. The van der Waals surface area contributed by atoms with Gasteiger partial charge in [0.2, 0.25) is 5.78 Å². The smallest absolute Gasteiger partial charge is 0.206 e. The molecule has 0 aliphatic heterocycles. The normalized spacial score (nSPS) is 10.4. The number of ether oxygens (including phenoxy) is 1. The van der Waals surface area contributed by atoms with Crippen LogP contribution in [0.25, 0.3) is 0 Å². The van der Waals surface area contributed by atoms with Crippen LogP contribution in [0.5, 0.6) is 5.75 Å².